The van der Waals surface area contributed by atoms with Gasteiger partial charge >= 0.3 is 0 Å². The molecule has 154 valence electrons. The maximum absolute atomic E-state index is 13.3. The lowest BCUT2D eigenvalue weighted by molar-refractivity contribution is -0.384. The standard InChI is InChI=1S/C22H22N4O4/c1-15(23-14-19-8-5-13-30-19)20-21(16-6-3-2-4-7-16)24-25(22(20)27)17-9-11-18(12-10-17)26(28)29/h2-4,6-7,9-12,19,24H,5,8,13-14H2,1H3/t19-/m0/s1. The van der Waals surface area contributed by atoms with Crippen molar-refractivity contribution < 1.29 is 9.66 Å². The predicted molar refractivity (Wildman–Crippen MR) is 115 cm³/mol. The molecular formula is C22H22N4O4. The summed E-state index contributed by atoms with van der Waals surface area (Å²) < 4.78 is 7.03. The van der Waals surface area contributed by atoms with Crippen LogP contribution >= 0.6 is 0 Å². The number of aromatic amines is 1. The fraction of sp³-hybridized carbons (Fsp3) is 0.273. The Labute approximate surface area is 173 Å². The minimum Gasteiger partial charge on any atom is -0.376 e. The van der Waals surface area contributed by atoms with Crippen LogP contribution in [0.5, 0.6) is 0 Å². The molecular weight excluding hydrogens is 384 g/mol. The van der Waals surface area contributed by atoms with E-state index in [2.05, 4.69) is 10.1 Å². The van der Waals surface area contributed by atoms with Gasteiger partial charge in [-0.3, -0.25) is 25.0 Å². The summed E-state index contributed by atoms with van der Waals surface area (Å²) in [5.41, 5.74) is 2.86. The van der Waals surface area contributed by atoms with Crippen molar-refractivity contribution in [3.63, 3.8) is 0 Å². The maximum Gasteiger partial charge on any atom is 0.280 e. The van der Waals surface area contributed by atoms with E-state index < -0.39 is 4.92 Å². The molecule has 1 aliphatic heterocycles. The first-order valence-electron chi connectivity index (χ1n) is 9.83. The molecule has 0 spiro atoms. The number of nitrogens with one attached hydrogen (secondary N) is 1. The van der Waals surface area contributed by atoms with Gasteiger partial charge in [0.1, 0.15) is 0 Å². The number of rotatable bonds is 6. The Morgan fingerprint density at radius 2 is 1.97 bits per heavy atom. The molecule has 2 heterocycles. The molecule has 1 aromatic heterocycles. The molecule has 3 aromatic rings. The SMILES string of the molecule is CC(=NC[C@@H]1CCCO1)c1c(-c2ccccc2)[nH]n(-c2ccc([N+](=O)[O-])cc2)c1=O. The van der Waals surface area contributed by atoms with Crippen LogP contribution in [0.4, 0.5) is 5.69 Å². The lowest BCUT2D eigenvalue weighted by Gasteiger charge is -2.07. The van der Waals surface area contributed by atoms with Crippen molar-refractivity contribution in [2.75, 3.05) is 13.2 Å². The molecule has 8 heteroatoms. The molecule has 1 saturated heterocycles. The van der Waals surface area contributed by atoms with Gasteiger partial charge in [-0.25, -0.2) is 4.68 Å². The molecule has 0 bridgehead atoms. The van der Waals surface area contributed by atoms with Gasteiger partial charge in [0.2, 0.25) is 0 Å². The van der Waals surface area contributed by atoms with E-state index >= 15 is 0 Å². The van der Waals surface area contributed by atoms with Crippen molar-refractivity contribution in [1.29, 1.82) is 0 Å². The Morgan fingerprint density at radius 3 is 2.60 bits per heavy atom. The van der Waals surface area contributed by atoms with E-state index in [-0.39, 0.29) is 17.4 Å². The third-order valence-corrected chi connectivity index (χ3v) is 5.19. The zero-order chi connectivity index (χ0) is 21.1. The largest absolute Gasteiger partial charge is 0.376 e. The molecule has 0 saturated carbocycles. The zero-order valence-corrected chi connectivity index (χ0v) is 16.6. The monoisotopic (exact) mass is 406 g/mol. The van der Waals surface area contributed by atoms with Gasteiger partial charge in [-0.2, -0.15) is 0 Å². The van der Waals surface area contributed by atoms with Gasteiger partial charge < -0.3 is 4.74 Å². The number of nitrogens with zero attached hydrogens (tertiary/aromatic N) is 3. The van der Waals surface area contributed by atoms with Crippen LogP contribution in [-0.2, 0) is 4.74 Å². The highest BCUT2D eigenvalue weighted by molar-refractivity contribution is 6.03. The summed E-state index contributed by atoms with van der Waals surface area (Å²) in [6, 6.07) is 15.4. The number of hydrogen-bond acceptors (Lipinski definition) is 5. The number of nitro benzene ring substituents is 1. The molecule has 2 aromatic carbocycles. The number of ether oxygens (including phenoxy) is 1. The lowest BCUT2D eigenvalue weighted by Crippen LogP contribution is -2.20. The van der Waals surface area contributed by atoms with Gasteiger partial charge in [0.05, 0.1) is 34.5 Å². The van der Waals surface area contributed by atoms with Crippen molar-refractivity contribution in [2.24, 2.45) is 4.99 Å². The van der Waals surface area contributed by atoms with Crippen LogP contribution in [0.15, 0.2) is 64.4 Å². The Morgan fingerprint density at radius 1 is 1.23 bits per heavy atom. The first kappa shape index (κ1) is 19.8. The first-order valence-corrected chi connectivity index (χ1v) is 9.83. The van der Waals surface area contributed by atoms with Crippen LogP contribution < -0.4 is 5.56 Å². The maximum atomic E-state index is 13.3. The van der Waals surface area contributed by atoms with Crippen LogP contribution in [0.1, 0.15) is 25.3 Å². The van der Waals surface area contributed by atoms with Crippen molar-refractivity contribution >= 4 is 11.4 Å². The molecule has 1 fully saturated rings. The summed E-state index contributed by atoms with van der Waals surface area (Å²) in [4.78, 5) is 28.4. The van der Waals surface area contributed by atoms with Crippen molar-refractivity contribution in [3.8, 4) is 16.9 Å². The Bertz CT molecular complexity index is 1120. The Hall–Kier alpha value is -3.52. The van der Waals surface area contributed by atoms with Gasteiger partial charge in [-0.15, -0.1) is 0 Å². The normalized spacial score (nSPS) is 16.7. The summed E-state index contributed by atoms with van der Waals surface area (Å²) in [5.74, 6) is 0. The summed E-state index contributed by atoms with van der Waals surface area (Å²) in [5, 5.41) is 14.1. The molecule has 30 heavy (non-hydrogen) atoms. The number of aromatic nitrogens is 2. The van der Waals surface area contributed by atoms with Gasteiger partial charge in [-0.1, -0.05) is 30.3 Å². The zero-order valence-electron chi connectivity index (χ0n) is 16.6. The second kappa shape index (κ2) is 8.46. The van der Waals surface area contributed by atoms with Crippen LogP contribution in [0.25, 0.3) is 16.9 Å². The van der Waals surface area contributed by atoms with E-state index in [4.69, 9.17) is 4.74 Å². The Kier molecular flexibility index (Phi) is 5.58. The molecule has 0 aliphatic carbocycles. The Balaban J connectivity index is 1.78. The van der Waals surface area contributed by atoms with E-state index in [0.29, 0.717) is 29.2 Å². The molecule has 8 nitrogen and oxygen atoms in total. The average molecular weight is 406 g/mol. The minimum absolute atomic E-state index is 0.0313. The quantitative estimate of drug-likeness (QED) is 0.383. The molecule has 1 aliphatic rings. The summed E-state index contributed by atoms with van der Waals surface area (Å²) >= 11 is 0. The van der Waals surface area contributed by atoms with Gasteiger partial charge in [0, 0.05) is 30.0 Å². The summed E-state index contributed by atoms with van der Waals surface area (Å²) in [6.45, 7) is 3.10. The average Bonchev–Trinajstić information content (AvgIpc) is 3.40. The van der Waals surface area contributed by atoms with Gasteiger partial charge in [0.15, 0.2) is 0 Å². The van der Waals surface area contributed by atoms with Crippen molar-refractivity contribution in [1.82, 2.24) is 9.78 Å². The fourth-order valence-corrected chi connectivity index (χ4v) is 3.60. The third kappa shape index (κ3) is 3.95. The van der Waals surface area contributed by atoms with Crippen LogP contribution in [-0.4, -0.2) is 39.7 Å². The molecule has 1 N–H and O–H groups in total. The lowest BCUT2D eigenvalue weighted by atomic mass is 10.1. The van der Waals surface area contributed by atoms with E-state index in [1.165, 1.54) is 16.8 Å². The molecule has 1 atom stereocenters. The number of nitro groups is 1. The number of hydrogen-bond donors (Lipinski definition) is 1. The fourth-order valence-electron chi connectivity index (χ4n) is 3.60. The highest BCUT2D eigenvalue weighted by Gasteiger charge is 2.21. The van der Waals surface area contributed by atoms with Gasteiger partial charge in [0.25, 0.3) is 11.2 Å². The van der Waals surface area contributed by atoms with Crippen molar-refractivity contribution in [3.05, 3.63) is 80.6 Å². The summed E-state index contributed by atoms with van der Waals surface area (Å²) in [6.07, 6.45) is 2.10. The van der Waals surface area contributed by atoms with Crippen LogP contribution in [0.2, 0.25) is 0 Å². The second-order valence-corrected chi connectivity index (χ2v) is 7.20. The minimum atomic E-state index is -0.468. The number of benzene rings is 2. The van der Waals surface area contributed by atoms with E-state index in [9.17, 15) is 14.9 Å². The third-order valence-electron chi connectivity index (χ3n) is 5.19. The molecule has 4 rings (SSSR count). The molecule has 0 radical (unpaired) electrons. The van der Waals surface area contributed by atoms with E-state index in [1.807, 2.05) is 37.3 Å². The van der Waals surface area contributed by atoms with Crippen LogP contribution in [0, 0.1) is 10.1 Å². The molecule has 0 amide bonds. The van der Waals surface area contributed by atoms with E-state index in [1.54, 1.807) is 12.1 Å². The van der Waals surface area contributed by atoms with Crippen molar-refractivity contribution in [2.45, 2.75) is 25.9 Å². The smallest absolute Gasteiger partial charge is 0.280 e. The highest BCUT2D eigenvalue weighted by atomic mass is 16.6. The van der Waals surface area contributed by atoms with Crippen LogP contribution in [0.3, 0.4) is 0 Å². The summed E-state index contributed by atoms with van der Waals surface area (Å²) in [7, 11) is 0. The predicted octanol–water partition coefficient (Wildman–Crippen LogP) is 3.73. The number of non-ortho nitro benzene ring substituents is 1. The topological polar surface area (TPSA) is 103 Å². The first-order chi connectivity index (χ1) is 14.5. The molecule has 0 unspecified atom stereocenters. The highest BCUT2D eigenvalue weighted by Crippen LogP contribution is 2.22. The van der Waals surface area contributed by atoms with Gasteiger partial charge in [-0.05, 0) is 31.9 Å². The number of H-pyrrole nitrogens is 1. The van der Waals surface area contributed by atoms with E-state index in [0.717, 1.165) is 25.0 Å². The number of aliphatic imine (C=N–C) groups is 1. The second-order valence-electron chi connectivity index (χ2n) is 7.20.